The van der Waals surface area contributed by atoms with Crippen LogP contribution in [-0.4, -0.2) is 54.4 Å². The number of esters is 1. The van der Waals surface area contributed by atoms with E-state index in [1.807, 2.05) is 30.3 Å². The molecule has 0 radical (unpaired) electrons. The van der Waals surface area contributed by atoms with Gasteiger partial charge >= 0.3 is 12.1 Å². The highest BCUT2D eigenvalue weighted by molar-refractivity contribution is 5.92. The summed E-state index contributed by atoms with van der Waals surface area (Å²) in [6.07, 6.45) is -1.43. The molecule has 3 rings (SSSR count). The molecule has 0 aliphatic carbocycles. The molecule has 2 aliphatic rings. The van der Waals surface area contributed by atoms with Gasteiger partial charge in [0, 0.05) is 6.42 Å². The van der Waals surface area contributed by atoms with Crippen molar-refractivity contribution in [1.29, 1.82) is 0 Å². The highest BCUT2D eigenvalue weighted by atomic mass is 16.6. The number of amides is 2. The molecule has 2 amide bonds. The predicted octanol–water partition coefficient (Wildman–Crippen LogP) is 0.800. The number of hydrogen-bond donors (Lipinski definition) is 1. The third-order valence-corrected chi connectivity index (χ3v) is 4.36. The quantitative estimate of drug-likeness (QED) is 0.809. The Hall–Kier alpha value is -2.61. The van der Waals surface area contributed by atoms with Gasteiger partial charge in [0.2, 0.25) is 5.91 Å². The molecule has 8 nitrogen and oxygen atoms in total. The Morgan fingerprint density at radius 1 is 1.32 bits per heavy atom. The Labute approximate surface area is 145 Å². The summed E-state index contributed by atoms with van der Waals surface area (Å²) in [5, 5.41) is 2.54. The van der Waals surface area contributed by atoms with Gasteiger partial charge in [-0.05, 0) is 12.5 Å². The molecule has 0 spiro atoms. The molecule has 0 aromatic heterocycles. The van der Waals surface area contributed by atoms with Gasteiger partial charge in [-0.15, -0.1) is 0 Å². The van der Waals surface area contributed by atoms with E-state index in [2.05, 4.69) is 5.32 Å². The summed E-state index contributed by atoms with van der Waals surface area (Å²) < 4.78 is 15.5. The lowest BCUT2D eigenvalue weighted by Gasteiger charge is -2.22. The highest BCUT2D eigenvalue weighted by Gasteiger charge is 2.54. The maximum absolute atomic E-state index is 12.5. The molecule has 4 atom stereocenters. The molecule has 2 saturated heterocycles. The number of ether oxygens (including phenoxy) is 3. The third kappa shape index (κ3) is 3.43. The second-order valence-corrected chi connectivity index (χ2v) is 6.00. The molecule has 1 unspecified atom stereocenters. The largest absolute Gasteiger partial charge is 0.467 e. The van der Waals surface area contributed by atoms with E-state index in [4.69, 9.17) is 14.2 Å². The molecule has 2 aliphatic heterocycles. The van der Waals surface area contributed by atoms with E-state index >= 15 is 0 Å². The van der Waals surface area contributed by atoms with E-state index in [0.717, 1.165) is 5.56 Å². The van der Waals surface area contributed by atoms with Crippen LogP contribution >= 0.6 is 0 Å². The fourth-order valence-electron chi connectivity index (χ4n) is 3.18. The number of methoxy groups -OCH3 is 1. The van der Waals surface area contributed by atoms with Crippen LogP contribution in [0.2, 0.25) is 0 Å². The smallest absolute Gasteiger partial charge is 0.408 e. The fraction of sp³-hybridized carbons (Fsp3) is 0.471. The molecule has 2 heterocycles. The monoisotopic (exact) mass is 348 g/mol. The first-order chi connectivity index (χ1) is 12.0. The van der Waals surface area contributed by atoms with Gasteiger partial charge in [0.1, 0.15) is 18.9 Å². The maximum atomic E-state index is 12.5. The SMILES string of the molecule is COC(=O)[C@@H]1[C@@H](C)O[C@H]2CC(NC(=O)OCc3ccccc3)C(=O)N21. The first-order valence-electron chi connectivity index (χ1n) is 8.04. The normalized spacial score (nSPS) is 27.8. The predicted molar refractivity (Wildman–Crippen MR) is 85.2 cm³/mol. The summed E-state index contributed by atoms with van der Waals surface area (Å²) in [6.45, 7) is 1.82. The number of alkyl carbamates (subject to hydrolysis) is 1. The molecular formula is C17H20N2O6. The third-order valence-electron chi connectivity index (χ3n) is 4.36. The van der Waals surface area contributed by atoms with Crippen LogP contribution in [-0.2, 0) is 30.4 Å². The van der Waals surface area contributed by atoms with E-state index in [1.54, 1.807) is 6.92 Å². The highest BCUT2D eigenvalue weighted by Crippen LogP contribution is 2.33. The number of nitrogens with one attached hydrogen (secondary N) is 1. The zero-order valence-corrected chi connectivity index (χ0v) is 14.0. The van der Waals surface area contributed by atoms with Gasteiger partial charge < -0.3 is 19.5 Å². The molecule has 8 heteroatoms. The lowest BCUT2D eigenvalue weighted by molar-refractivity contribution is -0.151. The second kappa shape index (κ2) is 7.10. The molecule has 134 valence electrons. The average molecular weight is 348 g/mol. The number of rotatable bonds is 4. The number of carbonyl (C=O) groups excluding carboxylic acids is 3. The van der Waals surface area contributed by atoms with Crippen molar-refractivity contribution in [1.82, 2.24) is 10.2 Å². The van der Waals surface area contributed by atoms with Gasteiger partial charge in [-0.25, -0.2) is 9.59 Å². The summed E-state index contributed by atoms with van der Waals surface area (Å²) in [7, 11) is 1.26. The van der Waals surface area contributed by atoms with Crippen molar-refractivity contribution in [3.05, 3.63) is 35.9 Å². The van der Waals surface area contributed by atoms with Crippen LogP contribution < -0.4 is 5.32 Å². The van der Waals surface area contributed by atoms with Crippen LogP contribution in [0.25, 0.3) is 0 Å². The van der Waals surface area contributed by atoms with Crippen molar-refractivity contribution >= 4 is 18.0 Å². The van der Waals surface area contributed by atoms with Crippen molar-refractivity contribution < 1.29 is 28.6 Å². The second-order valence-electron chi connectivity index (χ2n) is 6.00. The summed E-state index contributed by atoms with van der Waals surface area (Å²) in [6, 6.07) is 7.64. The molecule has 0 bridgehead atoms. The Bertz CT molecular complexity index is 664. The van der Waals surface area contributed by atoms with Gasteiger partial charge in [-0.1, -0.05) is 30.3 Å². The average Bonchev–Trinajstić information content (AvgIpc) is 3.08. The molecule has 1 aromatic rings. The Morgan fingerprint density at radius 3 is 2.72 bits per heavy atom. The standard InChI is InChI=1S/C17H20N2O6/c1-10-14(16(21)23-2)19-13(25-10)8-12(15(19)20)18-17(22)24-9-11-6-4-3-5-7-11/h3-7,10,12-14H,8-9H2,1-2H3,(H,18,22)/t10-,12?,13+,14+/m1/s1. The fourth-order valence-corrected chi connectivity index (χ4v) is 3.18. The molecule has 1 aromatic carbocycles. The van der Waals surface area contributed by atoms with Crippen LogP contribution in [0.4, 0.5) is 4.79 Å². The minimum Gasteiger partial charge on any atom is -0.467 e. The van der Waals surface area contributed by atoms with Crippen LogP contribution in [0.3, 0.4) is 0 Å². The summed E-state index contributed by atoms with van der Waals surface area (Å²) in [5.41, 5.74) is 0.846. The van der Waals surface area contributed by atoms with Crippen LogP contribution in [0, 0.1) is 0 Å². The minimum atomic E-state index is -0.797. The summed E-state index contributed by atoms with van der Waals surface area (Å²) in [4.78, 5) is 37.7. The van der Waals surface area contributed by atoms with Gasteiger partial charge in [0.05, 0.1) is 13.2 Å². The molecular weight excluding hydrogens is 328 g/mol. The van der Waals surface area contributed by atoms with E-state index in [9.17, 15) is 14.4 Å². The summed E-state index contributed by atoms with van der Waals surface area (Å²) in [5.74, 6) is -0.905. The van der Waals surface area contributed by atoms with Crippen molar-refractivity contribution in [2.45, 2.75) is 44.4 Å². The molecule has 25 heavy (non-hydrogen) atoms. The first-order valence-corrected chi connectivity index (χ1v) is 8.04. The van der Waals surface area contributed by atoms with E-state index in [-0.39, 0.29) is 18.9 Å². The van der Waals surface area contributed by atoms with Gasteiger partial charge in [-0.3, -0.25) is 9.69 Å². The number of hydrogen-bond acceptors (Lipinski definition) is 6. The maximum Gasteiger partial charge on any atom is 0.408 e. The number of carbonyl (C=O) groups is 3. The van der Waals surface area contributed by atoms with Crippen LogP contribution in [0.1, 0.15) is 18.9 Å². The van der Waals surface area contributed by atoms with Crippen LogP contribution in [0.15, 0.2) is 30.3 Å². The Kier molecular flexibility index (Phi) is 4.89. The zero-order valence-electron chi connectivity index (χ0n) is 14.0. The van der Waals surface area contributed by atoms with Crippen molar-refractivity contribution in [3.8, 4) is 0 Å². The Morgan fingerprint density at radius 2 is 2.04 bits per heavy atom. The van der Waals surface area contributed by atoms with Crippen molar-refractivity contribution in [2.75, 3.05) is 7.11 Å². The lowest BCUT2D eigenvalue weighted by atomic mass is 10.1. The van der Waals surface area contributed by atoms with Crippen molar-refractivity contribution in [2.24, 2.45) is 0 Å². The van der Waals surface area contributed by atoms with E-state index < -0.39 is 36.5 Å². The zero-order chi connectivity index (χ0) is 18.0. The van der Waals surface area contributed by atoms with E-state index in [1.165, 1.54) is 12.0 Å². The van der Waals surface area contributed by atoms with Crippen molar-refractivity contribution in [3.63, 3.8) is 0 Å². The lowest BCUT2D eigenvalue weighted by Crippen LogP contribution is -2.49. The van der Waals surface area contributed by atoms with Gasteiger partial charge in [0.25, 0.3) is 0 Å². The first kappa shape index (κ1) is 17.2. The van der Waals surface area contributed by atoms with Crippen LogP contribution in [0.5, 0.6) is 0 Å². The Balaban J connectivity index is 1.57. The molecule has 0 saturated carbocycles. The number of benzene rings is 1. The molecule has 1 N–H and O–H groups in total. The van der Waals surface area contributed by atoms with Gasteiger partial charge in [0.15, 0.2) is 6.04 Å². The number of fused-ring (bicyclic) bond motifs is 1. The van der Waals surface area contributed by atoms with E-state index in [0.29, 0.717) is 0 Å². The minimum absolute atomic E-state index is 0.110. The van der Waals surface area contributed by atoms with Gasteiger partial charge in [-0.2, -0.15) is 0 Å². The topological polar surface area (TPSA) is 94.2 Å². The molecule has 2 fully saturated rings. The summed E-state index contributed by atoms with van der Waals surface area (Å²) >= 11 is 0. The number of nitrogens with zero attached hydrogens (tertiary/aromatic N) is 1.